The van der Waals surface area contributed by atoms with E-state index in [4.69, 9.17) is 10.6 Å². The first-order valence-corrected chi connectivity index (χ1v) is 5.73. The minimum Gasteiger partial charge on any atom is -0.377 e. The Morgan fingerprint density at radius 1 is 1.43 bits per heavy atom. The Kier molecular flexibility index (Phi) is 4.35. The van der Waals surface area contributed by atoms with E-state index in [0.717, 1.165) is 25.2 Å². The highest BCUT2D eigenvalue weighted by atomic mass is 16.5. The Morgan fingerprint density at radius 3 is 2.29 bits per heavy atom. The van der Waals surface area contributed by atoms with Crippen LogP contribution in [0.1, 0.15) is 46.0 Å². The van der Waals surface area contributed by atoms with Crippen LogP contribution in [0.25, 0.3) is 0 Å². The summed E-state index contributed by atoms with van der Waals surface area (Å²) < 4.78 is 5.68. The quantitative estimate of drug-likeness (QED) is 0.487. The first-order valence-electron chi connectivity index (χ1n) is 5.73. The molecule has 3 N–H and O–H groups in total. The van der Waals surface area contributed by atoms with Crippen LogP contribution in [0.2, 0.25) is 0 Å². The van der Waals surface area contributed by atoms with E-state index in [0.29, 0.717) is 6.04 Å². The Balaban J connectivity index is 2.59. The summed E-state index contributed by atoms with van der Waals surface area (Å²) >= 11 is 0. The number of nitrogens with one attached hydrogen (secondary N) is 1. The normalized spacial score (nSPS) is 19.7. The van der Waals surface area contributed by atoms with Crippen LogP contribution < -0.4 is 11.3 Å². The van der Waals surface area contributed by atoms with E-state index in [1.807, 2.05) is 0 Å². The van der Waals surface area contributed by atoms with Crippen molar-refractivity contribution in [3.63, 3.8) is 0 Å². The first kappa shape index (κ1) is 12.0. The lowest BCUT2D eigenvalue weighted by Gasteiger charge is -2.38. The monoisotopic (exact) mass is 200 g/mol. The summed E-state index contributed by atoms with van der Waals surface area (Å²) in [5, 5.41) is 0. The topological polar surface area (TPSA) is 47.3 Å². The highest BCUT2D eigenvalue weighted by Crippen LogP contribution is 2.37. The molecule has 0 aromatic carbocycles. The van der Waals surface area contributed by atoms with Crippen molar-refractivity contribution in [3.8, 4) is 0 Å². The average Bonchev–Trinajstić information content (AvgIpc) is 3.03. The van der Waals surface area contributed by atoms with E-state index in [-0.39, 0.29) is 5.60 Å². The fourth-order valence-electron chi connectivity index (χ4n) is 2.30. The molecule has 0 spiro atoms. The maximum absolute atomic E-state index is 5.68. The van der Waals surface area contributed by atoms with Crippen LogP contribution in [0.3, 0.4) is 0 Å². The Morgan fingerprint density at radius 2 is 2.00 bits per heavy atom. The number of rotatable bonds is 7. The summed E-state index contributed by atoms with van der Waals surface area (Å²) in [4.78, 5) is 0. The van der Waals surface area contributed by atoms with Crippen molar-refractivity contribution >= 4 is 0 Å². The zero-order valence-corrected chi connectivity index (χ0v) is 9.68. The lowest BCUT2D eigenvalue weighted by molar-refractivity contribution is -0.0507. The molecule has 0 aromatic rings. The van der Waals surface area contributed by atoms with E-state index >= 15 is 0 Å². The van der Waals surface area contributed by atoms with Gasteiger partial charge in [0, 0.05) is 7.11 Å². The molecule has 0 aromatic heterocycles. The van der Waals surface area contributed by atoms with Crippen LogP contribution in [-0.4, -0.2) is 18.8 Å². The van der Waals surface area contributed by atoms with E-state index in [2.05, 4.69) is 19.3 Å². The van der Waals surface area contributed by atoms with Gasteiger partial charge in [-0.1, -0.05) is 26.7 Å². The van der Waals surface area contributed by atoms with Crippen LogP contribution in [0.4, 0.5) is 0 Å². The molecule has 0 saturated heterocycles. The minimum atomic E-state index is -0.0721. The molecule has 14 heavy (non-hydrogen) atoms. The Labute approximate surface area is 87.4 Å². The molecule has 3 nitrogen and oxygen atoms in total. The van der Waals surface area contributed by atoms with Gasteiger partial charge >= 0.3 is 0 Å². The molecule has 0 radical (unpaired) electrons. The third kappa shape index (κ3) is 2.47. The van der Waals surface area contributed by atoms with Gasteiger partial charge in [-0.25, -0.2) is 0 Å². The van der Waals surface area contributed by atoms with Gasteiger partial charge in [-0.15, -0.1) is 0 Å². The third-order valence-corrected chi connectivity index (χ3v) is 3.71. The summed E-state index contributed by atoms with van der Waals surface area (Å²) in [6.45, 7) is 4.34. The molecule has 1 rings (SSSR count). The molecule has 3 heteroatoms. The standard InChI is InChI=1S/C11H24N2O/c1-4-11(5-2,14-3)10(13-12)8-9-6-7-9/h9-10,13H,4-8,12H2,1-3H3. The number of ether oxygens (including phenoxy) is 1. The van der Waals surface area contributed by atoms with E-state index in [1.165, 1.54) is 12.8 Å². The first-order chi connectivity index (χ1) is 6.72. The van der Waals surface area contributed by atoms with Gasteiger partial charge in [0.05, 0.1) is 11.6 Å². The zero-order chi connectivity index (χ0) is 10.6. The molecule has 0 heterocycles. The van der Waals surface area contributed by atoms with E-state index < -0.39 is 0 Å². The summed E-state index contributed by atoms with van der Waals surface area (Å²) in [5.74, 6) is 6.51. The molecule has 1 saturated carbocycles. The molecule has 1 aliphatic rings. The number of methoxy groups -OCH3 is 1. The third-order valence-electron chi connectivity index (χ3n) is 3.71. The van der Waals surface area contributed by atoms with Gasteiger partial charge in [0.2, 0.25) is 0 Å². The second-order valence-electron chi connectivity index (χ2n) is 4.37. The number of nitrogens with two attached hydrogens (primary N) is 1. The van der Waals surface area contributed by atoms with Crippen molar-refractivity contribution in [1.29, 1.82) is 0 Å². The van der Waals surface area contributed by atoms with Gasteiger partial charge in [0.1, 0.15) is 0 Å². The average molecular weight is 200 g/mol. The SMILES string of the molecule is CCC(CC)(OC)C(CC1CC1)NN. The van der Waals surface area contributed by atoms with Crippen LogP contribution in [-0.2, 0) is 4.74 Å². The zero-order valence-electron chi connectivity index (χ0n) is 9.68. The van der Waals surface area contributed by atoms with Gasteiger partial charge < -0.3 is 4.74 Å². The van der Waals surface area contributed by atoms with Gasteiger partial charge in [0.15, 0.2) is 0 Å². The summed E-state index contributed by atoms with van der Waals surface area (Å²) in [5.41, 5.74) is 2.87. The summed E-state index contributed by atoms with van der Waals surface area (Å²) in [6.07, 6.45) is 5.92. The second kappa shape index (κ2) is 5.10. The lowest BCUT2D eigenvalue weighted by Crippen LogP contribution is -2.54. The summed E-state index contributed by atoms with van der Waals surface area (Å²) in [6, 6.07) is 0.301. The van der Waals surface area contributed by atoms with Gasteiger partial charge in [-0.3, -0.25) is 11.3 Å². The Hall–Kier alpha value is -0.120. The van der Waals surface area contributed by atoms with Gasteiger partial charge in [-0.05, 0) is 25.2 Å². The minimum absolute atomic E-state index is 0.0721. The lowest BCUT2D eigenvalue weighted by atomic mass is 9.85. The van der Waals surface area contributed by atoms with Crippen molar-refractivity contribution in [2.24, 2.45) is 11.8 Å². The van der Waals surface area contributed by atoms with E-state index in [9.17, 15) is 0 Å². The highest BCUT2D eigenvalue weighted by molar-refractivity contribution is 4.93. The molecule has 1 atom stereocenters. The smallest absolute Gasteiger partial charge is 0.0839 e. The predicted molar refractivity (Wildman–Crippen MR) is 58.8 cm³/mol. The van der Waals surface area contributed by atoms with Crippen molar-refractivity contribution < 1.29 is 4.74 Å². The summed E-state index contributed by atoms with van der Waals surface area (Å²) in [7, 11) is 1.80. The van der Waals surface area contributed by atoms with Crippen molar-refractivity contribution in [3.05, 3.63) is 0 Å². The van der Waals surface area contributed by atoms with Crippen molar-refractivity contribution in [2.75, 3.05) is 7.11 Å². The molecule has 1 fully saturated rings. The molecular weight excluding hydrogens is 176 g/mol. The molecule has 0 aliphatic heterocycles. The molecule has 0 amide bonds. The molecule has 1 aliphatic carbocycles. The molecule has 0 bridgehead atoms. The maximum atomic E-state index is 5.68. The van der Waals surface area contributed by atoms with E-state index in [1.54, 1.807) is 7.11 Å². The fraction of sp³-hybridized carbons (Fsp3) is 1.00. The molecule has 84 valence electrons. The van der Waals surface area contributed by atoms with Crippen molar-refractivity contribution in [2.45, 2.75) is 57.6 Å². The van der Waals surface area contributed by atoms with Crippen molar-refractivity contribution in [1.82, 2.24) is 5.43 Å². The maximum Gasteiger partial charge on any atom is 0.0839 e. The largest absolute Gasteiger partial charge is 0.377 e. The van der Waals surface area contributed by atoms with Crippen LogP contribution >= 0.6 is 0 Å². The number of hydrogen-bond acceptors (Lipinski definition) is 3. The Bertz CT molecular complexity index is 156. The van der Waals surface area contributed by atoms with Crippen LogP contribution in [0, 0.1) is 5.92 Å². The number of hydrazine groups is 1. The molecular formula is C11H24N2O. The number of hydrogen-bond donors (Lipinski definition) is 2. The second-order valence-corrected chi connectivity index (χ2v) is 4.37. The van der Waals surface area contributed by atoms with Gasteiger partial charge in [0.25, 0.3) is 0 Å². The predicted octanol–water partition coefficient (Wildman–Crippen LogP) is 1.82. The highest BCUT2D eigenvalue weighted by Gasteiger charge is 2.38. The van der Waals surface area contributed by atoms with Gasteiger partial charge in [-0.2, -0.15) is 0 Å². The van der Waals surface area contributed by atoms with Crippen LogP contribution in [0.15, 0.2) is 0 Å². The van der Waals surface area contributed by atoms with Crippen LogP contribution in [0.5, 0.6) is 0 Å². The molecule has 1 unspecified atom stereocenters. The fourth-order valence-corrected chi connectivity index (χ4v) is 2.30.